The molecule has 1 fully saturated rings. The SMILES string of the molecule is CCC(C)C1CCN(C(C)=O)CC1. The lowest BCUT2D eigenvalue weighted by molar-refractivity contribution is -0.130. The van der Waals surface area contributed by atoms with Crippen LogP contribution in [0.2, 0.25) is 0 Å². The summed E-state index contributed by atoms with van der Waals surface area (Å²) in [5, 5.41) is 0. The number of carbonyl (C=O) groups excluding carboxylic acids is 1. The van der Waals surface area contributed by atoms with Gasteiger partial charge in [0.1, 0.15) is 0 Å². The lowest BCUT2D eigenvalue weighted by Gasteiger charge is -2.34. The van der Waals surface area contributed by atoms with Gasteiger partial charge < -0.3 is 4.90 Å². The summed E-state index contributed by atoms with van der Waals surface area (Å²) in [4.78, 5) is 13.0. The highest BCUT2D eigenvalue weighted by molar-refractivity contribution is 5.73. The van der Waals surface area contributed by atoms with E-state index in [0.717, 1.165) is 24.9 Å². The molecule has 0 bridgehead atoms. The quantitative estimate of drug-likeness (QED) is 0.643. The number of rotatable bonds is 2. The summed E-state index contributed by atoms with van der Waals surface area (Å²) in [6, 6.07) is 0. The molecule has 2 nitrogen and oxygen atoms in total. The van der Waals surface area contributed by atoms with E-state index in [4.69, 9.17) is 0 Å². The second kappa shape index (κ2) is 4.64. The molecule has 0 N–H and O–H groups in total. The molecule has 0 aromatic heterocycles. The average molecular weight is 183 g/mol. The van der Waals surface area contributed by atoms with Crippen LogP contribution in [0.5, 0.6) is 0 Å². The van der Waals surface area contributed by atoms with E-state index in [1.807, 2.05) is 4.90 Å². The van der Waals surface area contributed by atoms with Crippen LogP contribution in [0.15, 0.2) is 0 Å². The monoisotopic (exact) mass is 183 g/mol. The highest BCUT2D eigenvalue weighted by Gasteiger charge is 2.23. The van der Waals surface area contributed by atoms with Gasteiger partial charge in [0.2, 0.25) is 5.91 Å². The molecule has 0 saturated carbocycles. The van der Waals surface area contributed by atoms with Crippen LogP contribution in [-0.2, 0) is 4.79 Å². The Labute approximate surface area is 81.3 Å². The number of amides is 1. The molecular formula is C11H21NO. The predicted molar refractivity (Wildman–Crippen MR) is 54.4 cm³/mol. The standard InChI is InChI=1S/C11H21NO/c1-4-9(2)11-5-7-12(8-6-11)10(3)13/h9,11H,4-8H2,1-3H3. The summed E-state index contributed by atoms with van der Waals surface area (Å²) in [5.41, 5.74) is 0. The first-order chi connectivity index (χ1) is 6.15. The molecule has 1 amide bonds. The smallest absolute Gasteiger partial charge is 0.219 e. The Bertz CT molecular complexity index is 171. The van der Waals surface area contributed by atoms with Crippen molar-refractivity contribution in [3.8, 4) is 0 Å². The van der Waals surface area contributed by atoms with Crippen molar-refractivity contribution in [3.05, 3.63) is 0 Å². The summed E-state index contributed by atoms with van der Waals surface area (Å²) in [6.45, 7) is 8.20. The Morgan fingerprint density at radius 1 is 1.46 bits per heavy atom. The molecule has 0 aromatic rings. The summed E-state index contributed by atoms with van der Waals surface area (Å²) >= 11 is 0. The van der Waals surface area contributed by atoms with E-state index in [-0.39, 0.29) is 5.91 Å². The van der Waals surface area contributed by atoms with Crippen molar-refractivity contribution in [2.24, 2.45) is 11.8 Å². The van der Waals surface area contributed by atoms with Gasteiger partial charge in [0.15, 0.2) is 0 Å². The van der Waals surface area contributed by atoms with Crippen LogP contribution in [0.25, 0.3) is 0 Å². The zero-order valence-corrected chi connectivity index (χ0v) is 9.05. The average Bonchev–Trinajstić information content (AvgIpc) is 2.17. The first kappa shape index (κ1) is 10.6. The van der Waals surface area contributed by atoms with Crippen LogP contribution in [-0.4, -0.2) is 23.9 Å². The summed E-state index contributed by atoms with van der Waals surface area (Å²) in [5.74, 6) is 1.91. The van der Waals surface area contributed by atoms with Crippen molar-refractivity contribution in [3.63, 3.8) is 0 Å². The number of nitrogens with zero attached hydrogens (tertiary/aromatic N) is 1. The van der Waals surface area contributed by atoms with Crippen molar-refractivity contribution in [1.29, 1.82) is 0 Å². The molecule has 13 heavy (non-hydrogen) atoms. The number of hydrogen-bond donors (Lipinski definition) is 0. The molecule has 1 unspecified atom stereocenters. The molecule has 76 valence electrons. The van der Waals surface area contributed by atoms with E-state index >= 15 is 0 Å². The molecule has 1 heterocycles. The van der Waals surface area contributed by atoms with Crippen LogP contribution in [0.3, 0.4) is 0 Å². The Kier molecular flexibility index (Phi) is 3.76. The van der Waals surface area contributed by atoms with Crippen LogP contribution in [0.1, 0.15) is 40.0 Å². The zero-order chi connectivity index (χ0) is 9.84. The number of likely N-dealkylation sites (tertiary alicyclic amines) is 1. The highest BCUT2D eigenvalue weighted by atomic mass is 16.2. The topological polar surface area (TPSA) is 20.3 Å². The first-order valence-corrected chi connectivity index (χ1v) is 5.40. The first-order valence-electron chi connectivity index (χ1n) is 5.40. The third-order valence-electron chi connectivity index (χ3n) is 3.43. The molecule has 0 aliphatic carbocycles. The van der Waals surface area contributed by atoms with Crippen LogP contribution < -0.4 is 0 Å². The van der Waals surface area contributed by atoms with Gasteiger partial charge in [0, 0.05) is 20.0 Å². The van der Waals surface area contributed by atoms with Crippen molar-refractivity contribution < 1.29 is 4.79 Å². The molecule has 1 atom stereocenters. The van der Waals surface area contributed by atoms with E-state index < -0.39 is 0 Å². The van der Waals surface area contributed by atoms with Gasteiger partial charge in [-0.1, -0.05) is 20.3 Å². The van der Waals surface area contributed by atoms with Gasteiger partial charge >= 0.3 is 0 Å². The molecule has 1 aliphatic heterocycles. The zero-order valence-electron chi connectivity index (χ0n) is 9.05. The van der Waals surface area contributed by atoms with E-state index in [2.05, 4.69) is 13.8 Å². The Morgan fingerprint density at radius 2 is 2.00 bits per heavy atom. The van der Waals surface area contributed by atoms with Crippen LogP contribution >= 0.6 is 0 Å². The molecule has 0 aromatic carbocycles. The van der Waals surface area contributed by atoms with Crippen LogP contribution in [0, 0.1) is 11.8 Å². The van der Waals surface area contributed by atoms with Crippen LogP contribution in [0.4, 0.5) is 0 Å². The molecule has 1 rings (SSSR count). The third kappa shape index (κ3) is 2.71. The normalized spacial score (nSPS) is 21.6. The fourth-order valence-corrected chi connectivity index (χ4v) is 2.12. The maximum Gasteiger partial charge on any atom is 0.219 e. The van der Waals surface area contributed by atoms with Gasteiger partial charge in [-0.3, -0.25) is 4.79 Å². The minimum atomic E-state index is 0.239. The van der Waals surface area contributed by atoms with E-state index in [1.165, 1.54) is 19.3 Å². The summed E-state index contributed by atoms with van der Waals surface area (Å²) < 4.78 is 0. The highest BCUT2D eigenvalue weighted by Crippen LogP contribution is 2.26. The Hall–Kier alpha value is -0.530. The predicted octanol–water partition coefficient (Wildman–Crippen LogP) is 2.29. The van der Waals surface area contributed by atoms with E-state index in [1.54, 1.807) is 6.92 Å². The molecule has 0 radical (unpaired) electrons. The fourth-order valence-electron chi connectivity index (χ4n) is 2.12. The van der Waals surface area contributed by atoms with Crippen molar-refractivity contribution >= 4 is 5.91 Å². The minimum absolute atomic E-state index is 0.239. The maximum absolute atomic E-state index is 11.1. The Balaban J connectivity index is 2.34. The second-order valence-corrected chi connectivity index (χ2v) is 4.23. The maximum atomic E-state index is 11.1. The van der Waals surface area contributed by atoms with E-state index in [0.29, 0.717) is 0 Å². The minimum Gasteiger partial charge on any atom is -0.343 e. The van der Waals surface area contributed by atoms with Crippen molar-refractivity contribution in [2.75, 3.05) is 13.1 Å². The largest absolute Gasteiger partial charge is 0.343 e. The molecule has 1 aliphatic rings. The summed E-state index contributed by atoms with van der Waals surface area (Å²) in [6.07, 6.45) is 3.67. The van der Waals surface area contributed by atoms with E-state index in [9.17, 15) is 4.79 Å². The second-order valence-electron chi connectivity index (χ2n) is 4.23. The lowest BCUT2D eigenvalue weighted by Crippen LogP contribution is -2.38. The molecule has 2 heteroatoms. The fraction of sp³-hybridized carbons (Fsp3) is 0.909. The van der Waals surface area contributed by atoms with Gasteiger partial charge in [-0.2, -0.15) is 0 Å². The van der Waals surface area contributed by atoms with Gasteiger partial charge in [-0.05, 0) is 24.7 Å². The van der Waals surface area contributed by atoms with Gasteiger partial charge in [0.25, 0.3) is 0 Å². The van der Waals surface area contributed by atoms with Crippen molar-refractivity contribution in [2.45, 2.75) is 40.0 Å². The molecule has 0 spiro atoms. The third-order valence-corrected chi connectivity index (χ3v) is 3.43. The lowest BCUT2D eigenvalue weighted by atomic mass is 9.84. The van der Waals surface area contributed by atoms with Gasteiger partial charge in [0.05, 0.1) is 0 Å². The van der Waals surface area contributed by atoms with Gasteiger partial charge in [-0.15, -0.1) is 0 Å². The van der Waals surface area contributed by atoms with Gasteiger partial charge in [-0.25, -0.2) is 0 Å². The van der Waals surface area contributed by atoms with Crippen molar-refractivity contribution in [1.82, 2.24) is 4.90 Å². The number of piperidine rings is 1. The molecular weight excluding hydrogens is 162 g/mol. The summed E-state index contributed by atoms with van der Waals surface area (Å²) in [7, 11) is 0. The number of carbonyl (C=O) groups is 1. The Morgan fingerprint density at radius 3 is 2.38 bits per heavy atom. The molecule has 1 saturated heterocycles. The number of hydrogen-bond acceptors (Lipinski definition) is 1.